The number of hydrogen-bond donors (Lipinski definition) is 1. The van der Waals surface area contributed by atoms with Crippen LogP contribution < -0.4 is 5.32 Å². The first-order chi connectivity index (χ1) is 11.1. The topological polar surface area (TPSA) is 41.6 Å². The zero-order chi connectivity index (χ0) is 16.3. The molecule has 1 saturated heterocycles. The molecule has 1 N–H and O–H groups in total. The zero-order valence-electron chi connectivity index (χ0n) is 13.7. The monoisotopic (exact) mass is 380 g/mol. The van der Waals surface area contributed by atoms with E-state index in [4.69, 9.17) is 4.74 Å². The molecule has 5 heteroatoms. The molecule has 2 aliphatic rings. The maximum absolute atomic E-state index is 12.3. The number of morpholine rings is 1. The molecule has 1 amide bonds. The number of rotatable bonds is 6. The molecule has 1 aromatic carbocycles. The first kappa shape index (κ1) is 16.9. The Labute approximate surface area is 146 Å². The molecule has 23 heavy (non-hydrogen) atoms. The lowest BCUT2D eigenvalue weighted by molar-refractivity contribution is -0.122. The second-order valence-corrected chi connectivity index (χ2v) is 7.57. The molecule has 0 aromatic heterocycles. The van der Waals surface area contributed by atoms with Crippen LogP contribution in [0.25, 0.3) is 0 Å². The van der Waals surface area contributed by atoms with Crippen LogP contribution in [0.5, 0.6) is 0 Å². The molecule has 4 nitrogen and oxygen atoms in total. The zero-order valence-corrected chi connectivity index (χ0v) is 15.3. The van der Waals surface area contributed by atoms with Crippen molar-refractivity contribution in [2.75, 3.05) is 32.8 Å². The van der Waals surface area contributed by atoms with E-state index < -0.39 is 0 Å². The van der Waals surface area contributed by atoms with Gasteiger partial charge >= 0.3 is 0 Å². The Morgan fingerprint density at radius 2 is 1.96 bits per heavy atom. The normalized spacial score (nSPS) is 21.7. The molecule has 1 aliphatic carbocycles. The van der Waals surface area contributed by atoms with Crippen LogP contribution in [0.2, 0.25) is 0 Å². The van der Waals surface area contributed by atoms with Crippen molar-refractivity contribution < 1.29 is 9.53 Å². The van der Waals surface area contributed by atoms with E-state index in [1.807, 2.05) is 0 Å². The van der Waals surface area contributed by atoms with Gasteiger partial charge in [-0.1, -0.05) is 28.1 Å². The van der Waals surface area contributed by atoms with Crippen LogP contribution in [-0.2, 0) is 14.9 Å². The number of nitrogens with zero attached hydrogens (tertiary/aromatic N) is 1. The van der Waals surface area contributed by atoms with E-state index in [-0.39, 0.29) is 17.4 Å². The fourth-order valence-electron chi connectivity index (χ4n) is 3.42. The largest absolute Gasteiger partial charge is 0.379 e. The van der Waals surface area contributed by atoms with Crippen molar-refractivity contribution in [1.82, 2.24) is 10.2 Å². The molecule has 0 spiro atoms. The Kier molecular flexibility index (Phi) is 5.39. The van der Waals surface area contributed by atoms with E-state index in [1.165, 1.54) is 5.56 Å². The summed E-state index contributed by atoms with van der Waals surface area (Å²) in [6.45, 7) is 6.40. The molecule has 2 fully saturated rings. The third kappa shape index (κ3) is 4.14. The minimum atomic E-state index is 0.134. The maximum atomic E-state index is 12.3. The summed E-state index contributed by atoms with van der Waals surface area (Å²) >= 11 is 3.48. The first-order valence-electron chi connectivity index (χ1n) is 8.46. The van der Waals surface area contributed by atoms with Gasteiger partial charge in [0, 0.05) is 42.0 Å². The lowest BCUT2D eigenvalue weighted by Crippen LogP contribution is -2.43. The number of ether oxygens (including phenoxy) is 1. The molecule has 1 aliphatic heterocycles. The number of nitrogens with one attached hydrogen (secondary N) is 1. The average Bonchev–Trinajstić information content (AvgIpc) is 3.36. The maximum Gasteiger partial charge on any atom is 0.221 e. The van der Waals surface area contributed by atoms with Crippen molar-refractivity contribution in [2.24, 2.45) is 0 Å². The second-order valence-electron chi connectivity index (χ2n) is 6.66. The number of hydrogen-bond acceptors (Lipinski definition) is 3. The average molecular weight is 381 g/mol. The summed E-state index contributed by atoms with van der Waals surface area (Å²) in [5.41, 5.74) is 1.47. The van der Waals surface area contributed by atoms with Crippen LogP contribution in [0.1, 0.15) is 31.7 Å². The summed E-state index contributed by atoms with van der Waals surface area (Å²) in [6.07, 6.45) is 2.87. The molecular formula is C18H25BrN2O2. The van der Waals surface area contributed by atoms with Gasteiger partial charge in [0.25, 0.3) is 0 Å². The first-order valence-corrected chi connectivity index (χ1v) is 9.25. The van der Waals surface area contributed by atoms with Gasteiger partial charge in [0.1, 0.15) is 0 Å². The molecule has 0 radical (unpaired) electrons. The van der Waals surface area contributed by atoms with Gasteiger partial charge in [-0.15, -0.1) is 0 Å². The van der Waals surface area contributed by atoms with Crippen molar-refractivity contribution >= 4 is 21.8 Å². The predicted molar refractivity (Wildman–Crippen MR) is 94.5 cm³/mol. The van der Waals surface area contributed by atoms with Crippen LogP contribution in [0.15, 0.2) is 28.7 Å². The molecule has 126 valence electrons. The lowest BCUT2D eigenvalue weighted by Gasteiger charge is -2.28. The van der Waals surface area contributed by atoms with Crippen LogP contribution in [-0.4, -0.2) is 49.7 Å². The predicted octanol–water partition coefficient (Wildman–Crippen LogP) is 2.71. The van der Waals surface area contributed by atoms with Crippen molar-refractivity contribution in [2.45, 2.75) is 37.6 Å². The van der Waals surface area contributed by atoms with Crippen molar-refractivity contribution in [3.05, 3.63) is 34.3 Å². The van der Waals surface area contributed by atoms with Crippen molar-refractivity contribution in [3.63, 3.8) is 0 Å². The molecule has 3 rings (SSSR count). The Hall–Kier alpha value is -0.910. The highest BCUT2D eigenvalue weighted by molar-refractivity contribution is 9.10. The highest BCUT2D eigenvalue weighted by Gasteiger charge is 2.49. The molecule has 1 saturated carbocycles. The SMILES string of the molecule is CC(NC(=O)CCN1CCOCC1)C1(c2ccc(Br)cc2)CC1. The fraction of sp³-hybridized carbons (Fsp3) is 0.611. The van der Waals surface area contributed by atoms with Crippen molar-refractivity contribution in [3.8, 4) is 0 Å². The van der Waals surface area contributed by atoms with E-state index >= 15 is 0 Å². The summed E-state index contributed by atoms with van der Waals surface area (Å²) < 4.78 is 6.43. The van der Waals surface area contributed by atoms with Gasteiger partial charge in [-0.05, 0) is 37.5 Å². The van der Waals surface area contributed by atoms with Gasteiger partial charge < -0.3 is 10.1 Å². The quantitative estimate of drug-likeness (QED) is 0.824. The summed E-state index contributed by atoms with van der Waals surface area (Å²) in [4.78, 5) is 14.6. The van der Waals surface area contributed by atoms with E-state index in [0.717, 1.165) is 50.2 Å². The molecular weight excluding hydrogens is 356 g/mol. The minimum absolute atomic E-state index is 0.134. The fourth-order valence-corrected chi connectivity index (χ4v) is 3.69. The van der Waals surface area contributed by atoms with E-state index in [2.05, 4.69) is 57.3 Å². The van der Waals surface area contributed by atoms with Crippen LogP contribution >= 0.6 is 15.9 Å². The van der Waals surface area contributed by atoms with Crippen LogP contribution in [0, 0.1) is 0 Å². The van der Waals surface area contributed by atoms with E-state index in [1.54, 1.807) is 0 Å². The lowest BCUT2D eigenvalue weighted by atomic mass is 9.89. The molecule has 0 bridgehead atoms. The smallest absolute Gasteiger partial charge is 0.221 e. The Morgan fingerprint density at radius 1 is 1.30 bits per heavy atom. The second kappa shape index (κ2) is 7.32. The standard InChI is InChI=1S/C18H25BrN2O2/c1-14(18(7-8-18)15-2-4-16(19)5-3-15)20-17(22)6-9-21-10-12-23-13-11-21/h2-5,14H,6-13H2,1H3,(H,20,22). The molecule has 1 aromatic rings. The Balaban J connectivity index is 1.50. The van der Waals surface area contributed by atoms with Gasteiger partial charge in [-0.3, -0.25) is 9.69 Å². The molecule has 1 atom stereocenters. The van der Waals surface area contributed by atoms with Crippen LogP contribution in [0.3, 0.4) is 0 Å². The molecule has 1 heterocycles. The number of halogens is 1. The summed E-state index contributed by atoms with van der Waals surface area (Å²) in [7, 11) is 0. The number of carbonyl (C=O) groups is 1. The Bertz CT molecular complexity index is 536. The summed E-state index contributed by atoms with van der Waals surface area (Å²) in [6, 6.07) is 8.70. The highest BCUT2D eigenvalue weighted by Crippen LogP contribution is 2.51. The minimum Gasteiger partial charge on any atom is -0.379 e. The molecule has 1 unspecified atom stereocenters. The third-order valence-corrected chi connectivity index (χ3v) is 5.70. The van der Waals surface area contributed by atoms with Gasteiger partial charge in [0.05, 0.1) is 13.2 Å². The van der Waals surface area contributed by atoms with Gasteiger partial charge in [-0.2, -0.15) is 0 Å². The third-order valence-electron chi connectivity index (χ3n) is 5.17. The van der Waals surface area contributed by atoms with Gasteiger partial charge in [0.15, 0.2) is 0 Å². The van der Waals surface area contributed by atoms with Crippen molar-refractivity contribution in [1.29, 1.82) is 0 Å². The van der Waals surface area contributed by atoms with E-state index in [9.17, 15) is 4.79 Å². The van der Waals surface area contributed by atoms with Crippen LogP contribution in [0.4, 0.5) is 0 Å². The summed E-state index contributed by atoms with van der Waals surface area (Å²) in [5.74, 6) is 0.160. The van der Waals surface area contributed by atoms with Gasteiger partial charge in [-0.25, -0.2) is 0 Å². The van der Waals surface area contributed by atoms with E-state index in [0.29, 0.717) is 6.42 Å². The van der Waals surface area contributed by atoms with Gasteiger partial charge in [0.2, 0.25) is 5.91 Å². The Morgan fingerprint density at radius 3 is 2.57 bits per heavy atom. The summed E-state index contributed by atoms with van der Waals surface area (Å²) in [5, 5.41) is 3.23. The highest BCUT2D eigenvalue weighted by atomic mass is 79.9. The number of benzene rings is 1. The number of carbonyl (C=O) groups excluding carboxylic acids is 1. The number of amides is 1.